The summed E-state index contributed by atoms with van der Waals surface area (Å²) in [7, 11) is 0. The highest BCUT2D eigenvalue weighted by Gasteiger charge is 2.22. The number of benzene rings is 1. The van der Waals surface area contributed by atoms with Crippen LogP contribution in [0.2, 0.25) is 0 Å². The van der Waals surface area contributed by atoms with E-state index >= 15 is 0 Å². The molecule has 2 unspecified atom stereocenters. The van der Waals surface area contributed by atoms with E-state index in [1.807, 2.05) is 6.07 Å². The van der Waals surface area contributed by atoms with Crippen molar-refractivity contribution in [2.24, 2.45) is 11.8 Å². The second kappa shape index (κ2) is 6.42. The van der Waals surface area contributed by atoms with Crippen LogP contribution in [0, 0.1) is 11.8 Å². The maximum atomic E-state index is 12.2. The number of carbonyl (C=O) groups excluding carboxylic acids is 1. The van der Waals surface area contributed by atoms with Crippen molar-refractivity contribution in [2.45, 2.75) is 32.6 Å². The van der Waals surface area contributed by atoms with Gasteiger partial charge in [-0.1, -0.05) is 26.2 Å². The van der Waals surface area contributed by atoms with Crippen LogP contribution in [0.5, 0.6) is 0 Å². The lowest BCUT2D eigenvalue weighted by Gasteiger charge is -2.28. The first kappa shape index (κ1) is 14.4. The zero-order chi connectivity index (χ0) is 13.8. The summed E-state index contributed by atoms with van der Waals surface area (Å²) in [5.41, 5.74) is 6.95. The van der Waals surface area contributed by atoms with Crippen molar-refractivity contribution in [1.82, 2.24) is 5.32 Å². The van der Waals surface area contributed by atoms with Crippen LogP contribution in [0.4, 0.5) is 5.69 Å². The molecule has 1 aromatic carbocycles. The number of halogens is 1. The maximum absolute atomic E-state index is 12.2. The number of hydrogen-bond donors (Lipinski definition) is 2. The number of nitrogen functional groups attached to an aromatic ring is 1. The molecule has 0 heterocycles. The molecule has 3 nitrogen and oxygen atoms in total. The van der Waals surface area contributed by atoms with Crippen LogP contribution in [-0.2, 0) is 0 Å². The molecule has 0 spiro atoms. The van der Waals surface area contributed by atoms with Crippen LogP contribution in [0.3, 0.4) is 0 Å². The van der Waals surface area contributed by atoms with Gasteiger partial charge in [0.2, 0.25) is 0 Å². The lowest BCUT2D eigenvalue weighted by atomic mass is 9.80. The molecule has 1 amide bonds. The first-order chi connectivity index (χ1) is 9.08. The van der Waals surface area contributed by atoms with Crippen molar-refractivity contribution >= 4 is 27.5 Å². The highest BCUT2D eigenvalue weighted by molar-refractivity contribution is 9.10. The van der Waals surface area contributed by atoms with E-state index in [0.717, 1.165) is 11.0 Å². The Balaban J connectivity index is 1.95. The van der Waals surface area contributed by atoms with E-state index < -0.39 is 0 Å². The Hall–Kier alpha value is -1.03. The molecule has 0 bridgehead atoms. The smallest absolute Gasteiger partial charge is 0.252 e. The minimum Gasteiger partial charge on any atom is -0.399 e. The average Bonchev–Trinajstić information content (AvgIpc) is 2.40. The molecular formula is C15H21BrN2O. The number of carbonyl (C=O) groups is 1. The van der Waals surface area contributed by atoms with Gasteiger partial charge in [0.05, 0.1) is 5.56 Å². The van der Waals surface area contributed by atoms with Crippen molar-refractivity contribution in [3.05, 3.63) is 28.2 Å². The molecule has 2 rings (SSSR count). The van der Waals surface area contributed by atoms with Gasteiger partial charge in [-0.3, -0.25) is 4.79 Å². The number of nitrogens with two attached hydrogens (primary N) is 1. The summed E-state index contributed by atoms with van der Waals surface area (Å²) in [5, 5.41) is 3.04. The molecular weight excluding hydrogens is 304 g/mol. The van der Waals surface area contributed by atoms with Gasteiger partial charge >= 0.3 is 0 Å². The minimum absolute atomic E-state index is 0.0445. The fourth-order valence-corrected chi connectivity index (χ4v) is 3.16. The van der Waals surface area contributed by atoms with Gasteiger partial charge in [-0.2, -0.15) is 0 Å². The van der Waals surface area contributed by atoms with Gasteiger partial charge in [0.1, 0.15) is 0 Å². The standard InChI is InChI=1S/C15H21BrN2O/c1-10-4-2-3-5-11(10)9-18-15(19)13-8-12(17)6-7-14(13)16/h6-8,10-11H,2-5,9,17H2,1H3,(H,18,19). The monoisotopic (exact) mass is 324 g/mol. The van der Waals surface area contributed by atoms with Gasteiger partial charge in [0, 0.05) is 16.7 Å². The molecule has 2 atom stereocenters. The molecule has 4 heteroatoms. The molecule has 19 heavy (non-hydrogen) atoms. The third kappa shape index (κ3) is 3.72. The second-order valence-corrected chi connectivity index (χ2v) is 6.33. The Labute approximate surface area is 123 Å². The molecule has 0 aromatic heterocycles. The van der Waals surface area contributed by atoms with Gasteiger partial charge < -0.3 is 11.1 Å². The van der Waals surface area contributed by atoms with Crippen LogP contribution in [0.15, 0.2) is 22.7 Å². The van der Waals surface area contributed by atoms with Gasteiger partial charge in [-0.15, -0.1) is 0 Å². The number of rotatable bonds is 3. The van der Waals surface area contributed by atoms with E-state index in [1.54, 1.807) is 12.1 Å². The van der Waals surface area contributed by atoms with Gasteiger partial charge in [-0.05, 0) is 52.4 Å². The van der Waals surface area contributed by atoms with Gasteiger partial charge in [-0.25, -0.2) is 0 Å². The van der Waals surface area contributed by atoms with Crippen molar-refractivity contribution in [2.75, 3.05) is 12.3 Å². The minimum atomic E-state index is -0.0445. The van der Waals surface area contributed by atoms with Crippen LogP contribution in [0.25, 0.3) is 0 Å². The summed E-state index contributed by atoms with van der Waals surface area (Å²) >= 11 is 3.39. The highest BCUT2D eigenvalue weighted by Crippen LogP contribution is 2.29. The van der Waals surface area contributed by atoms with Crippen LogP contribution < -0.4 is 11.1 Å². The van der Waals surface area contributed by atoms with E-state index in [-0.39, 0.29) is 5.91 Å². The first-order valence-corrected chi connectivity index (χ1v) is 7.70. The number of anilines is 1. The molecule has 0 radical (unpaired) electrons. The van der Waals surface area contributed by atoms with E-state index in [0.29, 0.717) is 23.1 Å². The largest absolute Gasteiger partial charge is 0.399 e. The number of amides is 1. The van der Waals surface area contributed by atoms with Crippen LogP contribution >= 0.6 is 15.9 Å². The van der Waals surface area contributed by atoms with E-state index in [1.165, 1.54) is 25.7 Å². The molecule has 3 N–H and O–H groups in total. The SMILES string of the molecule is CC1CCCCC1CNC(=O)c1cc(N)ccc1Br. The zero-order valence-electron chi connectivity index (χ0n) is 11.3. The van der Waals surface area contributed by atoms with Crippen LogP contribution in [-0.4, -0.2) is 12.5 Å². The van der Waals surface area contributed by atoms with E-state index in [9.17, 15) is 4.79 Å². The summed E-state index contributed by atoms with van der Waals surface area (Å²) in [4.78, 5) is 12.2. The summed E-state index contributed by atoms with van der Waals surface area (Å²) in [6.45, 7) is 3.05. The summed E-state index contributed by atoms with van der Waals surface area (Å²) in [5.74, 6) is 1.27. The summed E-state index contributed by atoms with van der Waals surface area (Å²) < 4.78 is 0.788. The molecule has 1 fully saturated rings. The molecule has 0 saturated heterocycles. The molecule has 1 aromatic rings. The Bertz CT molecular complexity index is 461. The fraction of sp³-hybridized carbons (Fsp3) is 0.533. The summed E-state index contributed by atoms with van der Waals surface area (Å²) in [6.07, 6.45) is 5.11. The number of hydrogen-bond acceptors (Lipinski definition) is 2. The average molecular weight is 325 g/mol. The molecule has 1 aliphatic rings. The van der Waals surface area contributed by atoms with Crippen molar-refractivity contribution in [3.8, 4) is 0 Å². The molecule has 1 aliphatic carbocycles. The third-order valence-corrected chi connectivity index (χ3v) is 4.74. The van der Waals surface area contributed by atoms with Crippen molar-refractivity contribution < 1.29 is 4.79 Å². The molecule has 104 valence electrons. The molecule has 0 aliphatic heterocycles. The maximum Gasteiger partial charge on any atom is 0.252 e. The van der Waals surface area contributed by atoms with Crippen LogP contribution in [0.1, 0.15) is 43.0 Å². The normalized spacial score (nSPS) is 23.1. The Kier molecular flexibility index (Phi) is 4.86. The fourth-order valence-electron chi connectivity index (χ4n) is 2.73. The van der Waals surface area contributed by atoms with Gasteiger partial charge in [0.15, 0.2) is 0 Å². The van der Waals surface area contributed by atoms with Gasteiger partial charge in [0.25, 0.3) is 5.91 Å². The predicted octanol–water partition coefficient (Wildman–Crippen LogP) is 3.59. The second-order valence-electron chi connectivity index (χ2n) is 5.47. The Morgan fingerprint density at radius 1 is 1.42 bits per heavy atom. The summed E-state index contributed by atoms with van der Waals surface area (Å²) in [6, 6.07) is 5.31. The van der Waals surface area contributed by atoms with Crippen molar-refractivity contribution in [3.63, 3.8) is 0 Å². The zero-order valence-corrected chi connectivity index (χ0v) is 12.9. The lowest BCUT2D eigenvalue weighted by Crippen LogP contribution is -2.33. The Morgan fingerprint density at radius 3 is 2.89 bits per heavy atom. The predicted molar refractivity (Wildman–Crippen MR) is 82.0 cm³/mol. The van der Waals surface area contributed by atoms with E-state index in [2.05, 4.69) is 28.2 Å². The lowest BCUT2D eigenvalue weighted by molar-refractivity contribution is 0.0935. The highest BCUT2D eigenvalue weighted by atomic mass is 79.9. The molecule has 1 saturated carbocycles. The van der Waals surface area contributed by atoms with E-state index in [4.69, 9.17) is 5.73 Å². The van der Waals surface area contributed by atoms with Crippen molar-refractivity contribution in [1.29, 1.82) is 0 Å². The third-order valence-electron chi connectivity index (χ3n) is 4.05. The first-order valence-electron chi connectivity index (χ1n) is 6.91. The quantitative estimate of drug-likeness (QED) is 0.835. The topological polar surface area (TPSA) is 55.1 Å². The number of nitrogens with one attached hydrogen (secondary N) is 1. The Morgan fingerprint density at radius 2 is 2.16 bits per heavy atom.